The highest BCUT2D eigenvalue weighted by Crippen LogP contribution is 2.28. The van der Waals surface area contributed by atoms with E-state index in [9.17, 15) is 9.59 Å². The highest BCUT2D eigenvalue weighted by atomic mass is 16.2. The molecule has 1 aromatic carbocycles. The van der Waals surface area contributed by atoms with E-state index in [0.29, 0.717) is 18.6 Å². The zero-order valence-corrected chi connectivity index (χ0v) is 16.2. The zero-order valence-electron chi connectivity index (χ0n) is 16.2. The number of likely N-dealkylation sites (tertiary alicyclic amines) is 2. The number of carbonyl (C=O) groups is 2. The predicted molar refractivity (Wildman–Crippen MR) is 105 cm³/mol. The van der Waals surface area contributed by atoms with Gasteiger partial charge in [0.1, 0.15) is 0 Å². The lowest BCUT2D eigenvalue weighted by molar-refractivity contribution is -0.130. The van der Waals surface area contributed by atoms with Crippen molar-refractivity contribution in [1.82, 2.24) is 14.7 Å². The van der Waals surface area contributed by atoms with Gasteiger partial charge in [-0.05, 0) is 62.9 Å². The van der Waals surface area contributed by atoms with Gasteiger partial charge in [-0.2, -0.15) is 0 Å². The van der Waals surface area contributed by atoms with Crippen LogP contribution in [0.4, 0.5) is 10.5 Å². The Balaban J connectivity index is 1.29. The first-order valence-electron chi connectivity index (χ1n) is 10.3. The fourth-order valence-electron chi connectivity index (χ4n) is 4.31. The van der Waals surface area contributed by atoms with Crippen molar-refractivity contribution >= 4 is 17.6 Å². The summed E-state index contributed by atoms with van der Waals surface area (Å²) < 4.78 is 0. The summed E-state index contributed by atoms with van der Waals surface area (Å²) in [6.45, 7) is 6.31. The Hall–Kier alpha value is -2.08. The lowest BCUT2D eigenvalue weighted by atomic mass is 10.2. The normalized spacial score (nSPS) is 22.9. The number of amides is 3. The summed E-state index contributed by atoms with van der Waals surface area (Å²) in [4.78, 5) is 30.7. The summed E-state index contributed by atoms with van der Waals surface area (Å²) in [7, 11) is 0. The fourth-order valence-corrected chi connectivity index (χ4v) is 4.31. The lowest BCUT2D eigenvalue weighted by Crippen LogP contribution is -2.38. The summed E-state index contributed by atoms with van der Waals surface area (Å²) in [6, 6.07) is 8.82. The summed E-state index contributed by atoms with van der Waals surface area (Å²) in [5, 5.41) is 3.02. The van der Waals surface area contributed by atoms with E-state index in [1.807, 2.05) is 34.1 Å². The van der Waals surface area contributed by atoms with Crippen molar-refractivity contribution < 1.29 is 9.59 Å². The molecule has 146 valence electrons. The topological polar surface area (TPSA) is 55.9 Å². The van der Waals surface area contributed by atoms with Crippen molar-refractivity contribution in [2.45, 2.75) is 57.7 Å². The van der Waals surface area contributed by atoms with Crippen molar-refractivity contribution in [3.63, 3.8) is 0 Å². The summed E-state index contributed by atoms with van der Waals surface area (Å²) >= 11 is 0. The van der Waals surface area contributed by atoms with Crippen molar-refractivity contribution in [3.05, 3.63) is 29.8 Å². The van der Waals surface area contributed by atoms with Gasteiger partial charge in [-0.1, -0.05) is 12.1 Å². The molecule has 0 bridgehead atoms. The molecule has 2 heterocycles. The number of nitrogens with zero attached hydrogens (tertiary/aromatic N) is 3. The van der Waals surface area contributed by atoms with E-state index in [1.165, 1.54) is 25.9 Å². The molecule has 3 aliphatic rings. The molecule has 2 saturated heterocycles. The number of hydrogen-bond acceptors (Lipinski definition) is 3. The molecule has 1 aliphatic carbocycles. The third kappa shape index (κ3) is 4.43. The molecule has 1 aromatic rings. The summed E-state index contributed by atoms with van der Waals surface area (Å²) in [5.74, 6) is 0.136. The highest BCUT2D eigenvalue weighted by Gasteiger charge is 2.32. The van der Waals surface area contributed by atoms with Crippen molar-refractivity contribution in [3.8, 4) is 0 Å². The van der Waals surface area contributed by atoms with Crippen LogP contribution in [-0.2, 0) is 11.3 Å². The number of carbonyl (C=O) groups excluding carboxylic acids is 2. The minimum absolute atomic E-state index is 0.00668. The number of anilines is 1. The monoisotopic (exact) mass is 370 g/mol. The van der Waals surface area contributed by atoms with Crippen LogP contribution in [0.25, 0.3) is 0 Å². The second kappa shape index (κ2) is 7.89. The second-order valence-electron chi connectivity index (χ2n) is 8.14. The molecule has 0 aromatic heterocycles. The van der Waals surface area contributed by atoms with Crippen LogP contribution >= 0.6 is 0 Å². The zero-order chi connectivity index (χ0) is 18.8. The molecule has 1 unspecified atom stereocenters. The lowest BCUT2D eigenvalue weighted by Gasteiger charge is -2.24. The Kier molecular flexibility index (Phi) is 5.34. The first-order chi connectivity index (χ1) is 13.1. The van der Waals surface area contributed by atoms with Gasteiger partial charge in [0.05, 0.1) is 0 Å². The summed E-state index contributed by atoms with van der Waals surface area (Å²) in [5.41, 5.74) is 1.92. The molecule has 0 spiro atoms. The van der Waals surface area contributed by atoms with Gasteiger partial charge in [0.25, 0.3) is 0 Å². The number of benzene rings is 1. The van der Waals surface area contributed by atoms with Crippen LogP contribution in [0.1, 0.15) is 44.6 Å². The van der Waals surface area contributed by atoms with Crippen molar-refractivity contribution in [2.75, 3.05) is 31.5 Å². The number of hydrogen-bond donors (Lipinski definition) is 1. The molecule has 1 N–H and O–H groups in total. The Morgan fingerprint density at radius 2 is 1.78 bits per heavy atom. The molecular weight excluding hydrogens is 340 g/mol. The Morgan fingerprint density at radius 3 is 2.41 bits per heavy atom. The van der Waals surface area contributed by atoms with Crippen LogP contribution in [0.2, 0.25) is 0 Å². The molecular formula is C21H30N4O2. The van der Waals surface area contributed by atoms with E-state index in [0.717, 1.165) is 43.6 Å². The van der Waals surface area contributed by atoms with Gasteiger partial charge in [0, 0.05) is 44.3 Å². The van der Waals surface area contributed by atoms with Crippen molar-refractivity contribution in [1.29, 1.82) is 0 Å². The third-order valence-corrected chi connectivity index (χ3v) is 6.06. The van der Waals surface area contributed by atoms with Gasteiger partial charge in [-0.25, -0.2) is 4.79 Å². The fraction of sp³-hybridized carbons (Fsp3) is 0.619. The standard InChI is InChI=1S/C21H30N4O2/c1-16(26)25(19-8-9-19)14-17-4-6-18(7-5-17)22-21(27)24-13-10-20(15-24)23-11-2-3-12-23/h4-7,19-20H,2-3,8-15H2,1H3,(H,22,27). The Bertz CT molecular complexity index is 680. The molecule has 3 amide bonds. The molecule has 2 aliphatic heterocycles. The van der Waals surface area contributed by atoms with Crippen LogP contribution in [0.3, 0.4) is 0 Å². The Morgan fingerprint density at radius 1 is 1.07 bits per heavy atom. The summed E-state index contributed by atoms with van der Waals surface area (Å²) in [6.07, 6.45) is 5.88. The third-order valence-electron chi connectivity index (χ3n) is 6.06. The maximum atomic E-state index is 12.6. The molecule has 1 saturated carbocycles. The quantitative estimate of drug-likeness (QED) is 0.867. The van der Waals surface area contributed by atoms with Crippen LogP contribution in [-0.4, -0.2) is 64.9 Å². The highest BCUT2D eigenvalue weighted by molar-refractivity contribution is 5.89. The maximum absolute atomic E-state index is 12.6. The van der Waals surface area contributed by atoms with Gasteiger partial charge in [-0.15, -0.1) is 0 Å². The smallest absolute Gasteiger partial charge is 0.321 e. The van der Waals surface area contributed by atoms with Gasteiger partial charge >= 0.3 is 6.03 Å². The van der Waals surface area contributed by atoms with Gasteiger partial charge in [-0.3, -0.25) is 9.69 Å². The predicted octanol–water partition coefficient (Wildman–Crippen LogP) is 2.90. The Labute approximate surface area is 161 Å². The molecule has 27 heavy (non-hydrogen) atoms. The average Bonchev–Trinajstić information content (AvgIpc) is 3.14. The SMILES string of the molecule is CC(=O)N(Cc1ccc(NC(=O)N2CCC(N3CCCC3)C2)cc1)C1CC1. The van der Waals surface area contributed by atoms with E-state index >= 15 is 0 Å². The van der Waals surface area contributed by atoms with E-state index in [1.54, 1.807) is 6.92 Å². The maximum Gasteiger partial charge on any atom is 0.321 e. The van der Waals surface area contributed by atoms with Crippen LogP contribution < -0.4 is 5.32 Å². The van der Waals surface area contributed by atoms with Crippen LogP contribution in [0.15, 0.2) is 24.3 Å². The second-order valence-corrected chi connectivity index (χ2v) is 8.14. The van der Waals surface area contributed by atoms with Crippen molar-refractivity contribution in [2.24, 2.45) is 0 Å². The molecule has 1 atom stereocenters. The minimum atomic E-state index is -0.00668. The number of urea groups is 1. The molecule has 6 nitrogen and oxygen atoms in total. The van der Waals surface area contributed by atoms with Crippen LogP contribution in [0, 0.1) is 0 Å². The van der Waals surface area contributed by atoms with Gasteiger partial charge < -0.3 is 15.1 Å². The number of rotatable bonds is 5. The van der Waals surface area contributed by atoms with Gasteiger partial charge in [0.15, 0.2) is 0 Å². The first-order valence-corrected chi connectivity index (χ1v) is 10.3. The molecule has 0 radical (unpaired) electrons. The number of nitrogens with one attached hydrogen (secondary N) is 1. The van der Waals surface area contributed by atoms with E-state index in [4.69, 9.17) is 0 Å². The van der Waals surface area contributed by atoms with E-state index in [-0.39, 0.29) is 11.9 Å². The molecule has 3 fully saturated rings. The van der Waals surface area contributed by atoms with E-state index in [2.05, 4.69) is 10.2 Å². The minimum Gasteiger partial charge on any atom is -0.336 e. The average molecular weight is 370 g/mol. The van der Waals surface area contributed by atoms with Gasteiger partial charge in [0.2, 0.25) is 5.91 Å². The first kappa shape index (κ1) is 18.3. The molecule has 4 rings (SSSR count). The van der Waals surface area contributed by atoms with E-state index < -0.39 is 0 Å². The molecule has 6 heteroatoms. The van der Waals surface area contributed by atoms with Crippen LogP contribution in [0.5, 0.6) is 0 Å². The largest absolute Gasteiger partial charge is 0.336 e.